The Labute approximate surface area is 151 Å². The predicted molar refractivity (Wildman–Crippen MR) is 94.6 cm³/mol. The summed E-state index contributed by atoms with van der Waals surface area (Å²) in [5, 5.41) is 3.22. The lowest BCUT2D eigenvalue weighted by molar-refractivity contribution is -0.122. The van der Waals surface area contributed by atoms with Gasteiger partial charge >= 0.3 is 0 Å². The monoisotopic (exact) mass is 410 g/mol. The van der Waals surface area contributed by atoms with Crippen LogP contribution in [0.5, 0.6) is 0 Å². The second-order valence-electron chi connectivity index (χ2n) is 5.47. The number of anilines is 2. The molecule has 0 aromatic heterocycles. The van der Waals surface area contributed by atoms with Crippen molar-refractivity contribution in [3.63, 3.8) is 0 Å². The molecule has 0 saturated carbocycles. The molecule has 1 aliphatic heterocycles. The Balaban J connectivity index is 1.72. The molecule has 0 radical (unpaired) electrons. The molecule has 7 heteroatoms. The van der Waals surface area contributed by atoms with Gasteiger partial charge in [0.1, 0.15) is 5.82 Å². The third-order valence-corrected chi connectivity index (χ3v) is 5.06. The van der Waals surface area contributed by atoms with Crippen molar-refractivity contribution < 1.29 is 14.0 Å². The summed E-state index contributed by atoms with van der Waals surface area (Å²) in [5.74, 6) is -1.58. The van der Waals surface area contributed by atoms with Gasteiger partial charge in [-0.3, -0.25) is 9.59 Å². The molecule has 2 amide bonds. The van der Waals surface area contributed by atoms with Gasteiger partial charge in [0.25, 0.3) is 0 Å². The fraction of sp³-hybridized carbons (Fsp3) is 0.176. The first-order valence-corrected chi connectivity index (χ1v) is 8.43. The van der Waals surface area contributed by atoms with Gasteiger partial charge in [0.2, 0.25) is 11.8 Å². The minimum Gasteiger partial charge on any atom is -0.326 e. The Morgan fingerprint density at radius 1 is 1.29 bits per heavy atom. The minimum atomic E-state index is -0.542. The summed E-state index contributed by atoms with van der Waals surface area (Å²) in [5.41, 5.74) is 0.745. The number of amides is 2. The van der Waals surface area contributed by atoms with Crippen LogP contribution in [0.2, 0.25) is 5.02 Å². The van der Waals surface area contributed by atoms with E-state index in [1.165, 1.54) is 17.0 Å². The zero-order valence-corrected chi connectivity index (χ0v) is 14.8. The van der Waals surface area contributed by atoms with E-state index in [-0.39, 0.29) is 30.5 Å². The fourth-order valence-corrected chi connectivity index (χ4v) is 3.03. The van der Waals surface area contributed by atoms with Crippen molar-refractivity contribution >= 4 is 50.7 Å². The highest BCUT2D eigenvalue weighted by Gasteiger charge is 2.36. The van der Waals surface area contributed by atoms with E-state index in [9.17, 15) is 14.0 Å². The summed E-state index contributed by atoms with van der Waals surface area (Å²) in [6, 6.07) is 11.1. The van der Waals surface area contributed by atoms with Crippen LogP contribution in [0.1, 0.15) is 6.42 Å². The lowest BCUT2D eigenvalue weighted by Gasteiger charge is -2.17. The summed E-state index contributed by atoms with van der Waals surface area (Å²) in [6.07, 6.45) is 0.0461. The average molecular weight is 412 g/mol. The number of carbonyl (C=O) groups excluding carboxylic acids is 2. The van der Waals surface area contributed by atoms with Crippen molar-refractivity contribution in [1.82, 2.24) is 0 Å². The number of halogens is 3. The number of para-hydroxylation sites is 1. The Hall–Kier alpha value is -1.92. The van der Waals surface area contributed by atoms with Crippen molar-refractivity contribution in [2.75, 3.05) is 16.8 Å². The lowest BCUT2D eigenvalue weighted by atomic mass is 10.1. The number of nitrogens with one attached hydrogen (secondary N) is 1. The maximum Gasteiger partial charge on any atom is 0.229 e. The van der Waals surface area contributed by atoms with Crippen molar-refractivity contribution in [3.8, 4) is 0 Å². The summed E-state index contributed by atoms with van der Waals surface area (Å²) in [7, 11) is 0. The third-order valence-electron chi connectivity index (χ3n) is 3.83. The normalized spacial score (nSPS) is 17.2. The molecular formula is C17H13BrClFN2O2. The number of hydrogen-bond donors (Lipinski definition) is 1. The maximum absolute atomic E-state index is 13.9. The minimum absolute atomic E-state index is 0.0461. The second kappa shape index (κ2) is 6.91. The quantitative estimate of drug-likeness (QED) is 0.821. The fourth-order valence-electron chi connectivity index (χ4n) is 2.60. The van der Waals surface area contributed by atoms with Gasteiger partial charge in [0, 0.05) is 23.1 Å². The smallest absolute Gasteiger partial charge is 0.229 e. The molecule has 2 aromatic carbocycles. The van der Waals surface area contributed by atoms with Crippen LogP contribution in [0.4, 0.5) is 15.8 Å². The SMILES string of the molecule is O=C(Nc1ccc(Br)c(Cl)c1)C1CC(=O)N(c2ccccc2F)C1. The number of nitrogens with zero attached hydrogens (tertiary/aromatic N) is 1. The standard InChI is InChI=1S/C17H13BrClFN2O2/c18-12-6-5-11(8-13(12)19)21-17(24)10-7-16(23)22(9-10)15-4-2-1-3-14(15)20/h1-6,8,10H,7,9H2,(H,21,24). The summed E-state index contributed by atoms with van der Waals surface area (Å²) in [6.45, 7) is 0.149. The largest absolute Gasteiger partial charge is 0.326 e. The summed E-state index contributed by atoms with van der Waals surface area (Å²) >= 11 is 9.28. The highest BCUT2D eigenvalue weighted by molar-refractivity contribution is 9.10. The van der Waals surface area contributed by atoms with Crippen molar-refractivity contribution in [2.45, 2.75) is 6.42 Å². The zero-order valence-electron chi connectivity index (χ0n) is 12.4. The molecule has 4 nitrogen and oxygen atoms in total. The average Bonchev–Trinajstić information content (AvgIpc) is 2.93. The van der Waals surface area contributed by atoms with Crippen LogP contribution in [-0.4, -0.2) is 18.4 Å². The van der Waals surface area contributed by atoms with Crippen molar-refractivity contribution in [2.24, 2.45) is 5.92 Å². The lowest BCUT2D eigenvalue weighted by Crippen LogP contribution is -2.28. The molecule has 3 rings (SSSR count). The highest BCUT2D eigenvalue weighted by Crippen LogP contribution is 2.29. The van der Waals surface area contributed by atoms with Gasteiger partial charge in [-0.2, -0.15) is 0 Å². The molecule has 124 valence electrons. The summed E-state index contributed by atoms with van der Waals surface area (Å²) < 4.78 is 14.6. The van der Waals surface area contributed by atoms with Crippen LogP contribution in [0.3, 0.4) is 0 Å². The molecule has 2 aromatic rings. The van der Waals surface area contributed by atoms with Gasteiger partial charge in [-0.1, -0.05) is 23.7 Å². The Kier molecular flexibility index (Phi) is 4.87. The van der Waals surface area contributed by atoms with E-state index in [1.807, 2.05) is 0 Å². The molecule has 1 N–H and O–H groups in total. The van der Waals surface area contributed by atoms with Gasteiger partial charge < -0.3 is 10.2 Å². The molecule has 24 heavy (non-hydrogen) atoms. The third kappa shape index (κ3) is 3.44. The first-order chi connectivity index (χ1) is 11.5. The van der Waals surface area contributed by atoms with E-state index >= 15 is 0 Å². The number of carbonyl (C=O) groups is 2. The zero-order chi connectivity index (χ0) is 17.3. The van der Waals surface area contributed by atoms with Gasteiger partial charge in [-0.25, -0.2) is 4.39 Å². The molecule has 1 saturated heterocycles. The van der Waals surface area contributed by atoms with Gasteiger partial charge in [-0.15, -0.1) is 0 Å². The van der Waals surface area contributed by atoms with Gasteiger partial charge in [0.05, 0.1) is 16.6 Å². The molecule has 1 unspecified atom stereocenters. The van der Waals surface area contributed by atoms with Crippen LogP contribution in [0.15, 0.2) is 46.9 Å². The van der Waals surface area contributed by atoms with Crippen LogP contribution >= 0.6 is 27.5 Å². The molecule has 1 heterocycles. The molecule has 0 spiro atoms. The summed E-state index contributed by atoms with van der Waals surface area (Å²) in [4.78, 5) is 25.8. The van der Waals surface area contributed by atoms with Crippen LogP contribution in [-0.2, 0) is 9.59 Å². The predicted octanol–water partition coefficient (Wildman–Crippen LogP) is 4.23. The van der Waals surface area contributed by atoms with Crippen LogP contribution in [0.25, 0.3) is 0 Å². The van der Waals surface area contributed by atoms with Crippen LogP contribution in [0, 0.1) is 11.7 Å². The van der Waals surface area contributed by atoms with E-state index in [0.29, 0.717) is 10.7 Å². The number of benzene rings is 2. The van der Waals surface area contributed by atoms with Crippen molar-refractivity contribution in [3.05, 3.63) is 57.8 Å². The van der Waals surface area contributed by atoms with E-state index in [1.54, 1.807) is 30.3 Å². The van der Waals surface area contributed by atoms with Gasteiger partial charge in [0.15, 0.2) is 0 Å². The second-order valence-corrected chi connectivity index (χ2v) is 6.74. The Morgan fingerprint density at radius 2 is 2.04 bits per heavy atom. The Morgan fingerprint density at radius 3 is 2.75 bits per heavy atom. The molecule has 1 fully saturated rings. The van der Waals surface area contributed by atoms with E-state index in [2.05, 4.69) is 21.2 Å². The first-order valence-electron chi connectivity index (χ1n) is 7.26. The number of hydrogen-bond acceptors (Lipinski definition) is 2. The number of rotatable bonds is 3. The molecule has 0 aliphatic carbocycles. The maximum atomic E-state index is 13.9. The van der Waals surface area contributed by atoms with Crippen molar-refractivity contribution in [1.29, 1.82) is 0 Å². The van der Waals surface area contributed by atoms with Crippen LogP contribution < -0.4 is 10.2 Å². The Bertz CT molecular complexity index is 815. The van der Waals surface area contributed by atoms with E-state index in [4.69, 9.17) is 11.6 Å². The highest BCUT2D eigenvalue weighted by atomic mass is 79.9. The van der Waals surface area contributed by atoms with Gasteiger partial charge in [-0.05, 0) is 46.3 Å². The van der Waals surface area contributed by atoms with E-state index < -0.39 is 11.7 Å². The molecule has 1 atom stereocenters. The molecular weight excluding hydrogens is 399 g/mol. The van der Waals surface area contributed by atoms with E-state index in [0.717, 1.165) is 4.47 Å². The molecule has 1 aliphatic rings. The molecule has 0 bridgehead atoms. The topological polar surface area (TPSA) is 49.4 Å². The first kappa shape index (κ1) is 16.9.